The summed E-state index contributed by atoms with van der Waals surface area (Å²) in [5.41, 5.74) is -0.690. The molecule has 0 aliphatic rings. The van der Waals surface area contributed by atoms with Gasteiger partial charge in [-0.25, -0.2) is 4.79 Å². The first kappa shape index (κ1) is 14.5. The lowest BCUT2D eigenvalue weighted by atomic mass is 10.1. The van der Waals surface area contributed by atoms with Crippen LogP contribution < -0.4 is 5.43 Å². The molecule has 0 amide bonds. The van der Waals surface area contributed by atoms with Crippen molar-refractivity contribution in [2.45, 2.75) is 0 Å². The molecule has 3 rings (SSSR count). The van der Waals surface area contributed by atoms with Gasteiger partial charge < -0.3 is 24.8 Å². The van der Waals surface area contributed by atoms with Crippen LogP contribution in [0, 0.1) is 0 Å². The molecule has 0 saturated carbocycles. The van der Waals surface area contributed by atoms with Crippen LogP contribution in [-0.2, 0) is 0 Å². The number of carboxylic acid groups (broad SMARTS) is 1. The van der Waals surface area contributed by atoms with E-state index >= 15 is 0 Å². The fourth-order valence-electron chi connectivity index (χ4n) is 2.26. The first-order valence-electron chi connectivity index (χ1n) is 6.43. The molecular weight excluding hydrogens is 304 g/mol. The van der Waals surface area contributed by atoms with Crippen LogP contribution in [0.1, 0.15) is 10.4 Å². The molecule has 2 aromatic carbocycles. The fourth-order valence-corrected chi connectivity index (χ4v) is 2.26. The molecule has 0 fully saturated rings. The molecule has 3 aromatic rings. The van der Waals surface area contributed by atoms with Crippen LogP contribution in [0.2, 0.25) is 0 Å². The number of benzene rings is 2. The van der Waals surface area contributed by atoms with Crippen molar-refractivity contribution in [2.24, 2.45) is 0 Å². The Morgan fingerprint density at radius 2 is 1.70 bits per heavy atom. The number of carbonyl (C=O) groups is 1. The predicted octanol–water partition coefficient (Wildman–Crippen LogP) is 2.27. The van der Waals surface area contributed by atoms with Crippen molar-refractivity contribution in [3.8, 4) is 28.6 Å². The van der Waals surface area contributed by atoms with Gasteiger partial charge in [0.2, 0.25) is 0 Å². The zero-order valence-corrected chi connectivity index (χ0v) is 11.5. The van der Waals surface area contributed by atoms with Gasteiger partial charge in [0.1, 0.15) is 39.5 Å². The van der Waals surface area contributed by atoms with Crippen LogP contribution in [0.4, 0.5) is 0 Å². The van der Waals surface area contributed by atoms with Gasteiger partial charge in [-0.05, 0) is 18.2 Å². The van der Waals surface area contributed by atoms with Crippen LogP contribution in [0.25, 0.3) is 22.3 Å². The standard InChI is InChI=1S/C16H10O7/c17-8-4-11(19)15-12(20)6-13(23-14(15)5-8)7-1-2-10(18)9(3-7)16(21)22/h1-6,17-19H,(H,21,22). The van der Waals surface area contributed by atoms with Crippen molar-refractivity contribution in [3.63, 3.8) is 0 Å². The maximum Gasteiger partial charge on any atom is 0.339 e. The fraction of sp³-hybridized carbons (Fsp3) is 0. The molecule has 7 heteroatoms. The van der Waals surface area contributed by atoms with Gasteiger partial charge in [0.05, 0.1) is 0 Å². The molecular formula is C16H10O7. The van der Waals surface area contributed by atoms with E-state index in [2.05, 4.69) is 0 Å². The Labute approximate surface area is 128 Å². The zero-order chi connectivity index (χ0) is 16.7. The van der Waals surface area contributed by atoms with E-state index < -0.39 is 22.9 Å². The van der Waals surface area contributed by atoms with E-state index in [1.54, 1.807) is 0 Å². The summed E-state index contributed by atoms with van der Waals surface area (Å²) >= 11 is 0. The molecule has 0 aliphatic heterocycles. The first-order valence-corrected chi connectivity index (χ1v) is 6.43. The van der Waals surface area contributed by atoms with E-state index in [0.717, 1.165) is 18.2 Å². The number of phenolic OH excluding ortho intramolecular Hbond substituents is 2. The van der Waals surface area contributed by atoms with Crippen LogP contribution in [0.15, 0.2) is 45.6 Å². The second-order valence-corrected chi connectivity index (χ2v) is 4.85. The minimum Gasteiger partial charge on any atom is -0.508 e. The smallest absolute Gasteiger partial charge is 0.339 e. The number of rotatable bonds is 2. The summed E-state index contributed by atoms with van der Waals surface area (Å²) in [4.78, 5) is 23.2. The molecule has 0 aliphatic carbocycles. The number of phenols is 3. The SMILES string of the molecule is O=C(O)c1cc(-c2cc(=O)c3c(O)cc(O)cc3o2)ccc1O. The van der Waals surface area contributed by atoms with Gasteiger partial charge in [0.15, 0.2) is 5.43 Å². The van der Waals surface area contributed by atoms with Gasteiger partial charge in [0, 0.05) is 23.8 Å². The van der Waals surface area contributed by atoms with Crippen LogP contribution in [0.5, 0.6) is 17.2 Å². The molecule has 0 atom stereocenters. The van der Waals surface area contributed by atoms with Gasteiger partial charge in [-0.1, -0.05) is 0 Å². The van der Waals surface area contributed by atoms with E-state index in [1.807, 2.05) is 0 Å². The highest BCUT2D eigenvalue weighted by Gasteiger charge is 2.15. The molecule has 1 heterocycles. The summed E-state index contributed by atoms with van der Waals surface area (Å²) in [6.07, 6.45) is 0. The predicted molar refractivity (Wildman–Crippen MR) is 79.9 cm³/mol. The van der Waals surface area contributed by atoms with Crippen molar-refractivity contribution in [3.05, 3.63) is 52.2 Å². The number of fused-ring (bicyclic) bond motifs is 1. The normalized spacial score (nSPS) is 10.8. The van der Waals surface area contributed by atoms with E-state index in [0.29, 0.717) is 0 Å². The summed E-state index contributed by atoms with van der Waals surface area (Å²) < 4.78 is 5.47. The molecule has 116 valence electrons. The van der Waals surface area contributed by atoms with Gasteiger partial charge in [-0.15, -0.1) is 0 Å². The Morgan fingerprint density at radius 1 is 0.957 bits per heavy atom. The van der Waals surface area contributed by atoms with Gasteiger partial charge in [-0.2, -0.15) is 0 Å². The molecule has 0 bridgehead atoms. The second kappa shape index (κ2) is 5.06. The van der Waals surface area contributed by atoms with E-state index in [9.17, 15) is 24.9 Å². The molecule has 23 heavy (non-hydrogen) atoms. The minimum atomic E-state index is -1.33. The van der Waals surface area contributed by atoms with Crippen molar-refractivity contribution in [1.82, 2.24) is 0 Å². The third kappa shape index (κ3) is 2.44. The quantitative estimate of drug-likeness (QED) is 0.571. The molecule has 0 radical (unpaired) electrons. The van der Waals surface area contributed by atoms with Gasteiger partial charge in [-0.3, -0.25) is 4.79 Å². The van der Waals surface area contributed by atoms with Crippen molar-refractivity contribution in [2.75, 3.05) is 0 Å². The summed E-state index contributed by atoms with van der Waals surface area (Å²) in [6.45, 7) is 0. The number of carboxylic acids is 1. The molecule has 1 aromatic heterocycles. The summed E-state index contributed by atoms with van der Waals surface area (Å²) in [7, 11) is 0. The van der Waals surface area contributed by atoms with E-state index in [-0.39, 0.29) is 33.6 Å². The lowest BCUT2D eigenvalue weighted by Gasteiger charge is -2.07. The Bertz CT molecular complexity index is 1000. The zero-order valence-electron chi connectivity index (χ0n) is 11.5. The highest BCUT2D eigenvalue weighted by molar-refractivity contribution is 5.92. The highest BCUT2D eigenvalue weighted by atomic mass is 16.4. The Kier molecular flexibility index (Phi) is 3.18. The average molecular weight is 314 g/mol. The molecule has 7 nitrogen and oxygen atoms in total. The highest BCUT2D eigenvalue weighted by Crippen LogP contribution is 2.31. The average Bonchev–Trinajstić information content (AvgIpc) is 2.46. The Balaban J connectivity index is 2.27. The van der Waals surface area contributed by atoms with Crippen LogP contribution in [-0.4, -0.2) is 26.4 Å². The maximum absolute atomic E-state index is 12.1. The maximum atomic E-state index is 12.1. The molecule has 0 unspecified atom stereocenters. The molecule has 4 N–H and O–H groups in total. The number of aromatic carboxylic acids is 1. The Morgan fingerprint density at radius 3 is 2.39 bits per heavy atom. The van der Waals surface area contributed by atoms with E-state index in [1.165, 1.54) is 18.2 Å². The lowest BCUT2D eigenvalue weighted by Crippen LogP contribution is -2.01. The third-order valence-electron chi connectivity index (χ3n) is 3.31. The van der Waals surface area contributed by atoms with Crippen molar-refractivity contribution >= 4 is 16.9 Å². The van der Waals surface area contributed by atoms with Crippen molar-refractivity contribution < 1.29 is 29.6 Å². The molecule has 0 spiro atoms. The monoisotopic (exact) mass is 314 g/mol. The van der Waals surface area contributed by atoms with Gasteiger partial charge >= 0.3 is 5.97 Å². The third-order valence-corrected chi connectivity index (χ3v) is 3.31. The number of hydrogen-bond acceptors (Lipinski definition) is 6. The Hall–Kier alpha value is -3.48. The van der Waals surface area contributed by atoms with Gasteiger partial charge in [0.25, 0.3) is 0 Å². The summed E-state index contributed by atoms with van der Waals surface area (Å²) in [5.74, 6) is -2.41. The van der Waals surface area contributed by atoms with Crippen LogP contribution in [0.3, 0.4) is 0 Å². The van der Waals surface area contributed by atoms with Crippen LogP contribution >= 0.6 is 0 Å². The summed E-state index contributed by atoms with van der Waals surface area (Å²) in [6, 6.07) is 6.99. The number of hydrogen-bond donors (Lipinski definition) is 4. The second-order valence-electron chi connectivity index (χ2n) is 4.85. The number of aromatic hydroxyl groups is 3. The van der Waals surface area contributed by atoms with Crippen molar-refractivity contribution in [1.29, 1.82) is 0 Å². The van der Waals surface area contributed by atoms with E-state index in [4.69, 9.17) is 9.52 Å². The topological polar surface area (TPSA) is 128 Å². The minimum absolute atomic E-state index is 0.0370. The lowest BCUT2D eigenvalue weighted by molar-refractivity contribution is 0.0694. The molecule has 0 saturated heterocycles. The largest absolute Gasteiger partial charge is 0.508 e. The first-order chi connectivity index (χ1) is 10.9. The summed E-state index contributed by atoms with van der Waals surface area (Å²) in [5, 5.41) is 37.6.